The number of rotatable bonds is 2. The van der Waals surface area contributed by atoms with Crippen LogP contribution in [-0.4, -0.2) is 32.6 Å². The predicted molar refractivity (Wildman–Crippen MR) is 144 cm³/mol. The predicted octanol–water partition coefficient (Wildman–Crippen LogP) is 6.69. The first kappa shape index (κ1) is 25.1. The zero-order chi connectivity index (χ0) is 25.5. The van der Waals surface area contributed by atoms with Crippen molar-refractivity contribution in [1.29, 1.82) is 0 Å². The van der Waals surface area contributed by atoms with Crippen LogP contribution >= 0.6 is 0 Å². The van der Waals surface area contributed by atoms with Crippen molar-refractivity contribution in [2.75, 3.05) is 0 Å². The van der Waals surface area contributed by atoms with Crippen molar-refractivity contribution in [3.05, 3.63) is 71.8 Å². The summed E-state index contributed by atoms with van der Waals surface area (Å²) in [6, 6.07) is 14.9. The van der Waals surface area contributed by atoms with Crippen LogP contribution in [0.25, 0.3) is 11.1 Å². The Morgan fingerprint density at radius 3 is 1.89 bits per heavy atom. The standard InChI is InChI=1S/2C16H20O2/c2*1-16-9-8-12(10-13(16)4-7-15(16)18)11-2-5-14(17)6-3-11/h2-3,5-6,10,13,15,17-18H,4,7-9H2,1H3;2-3,5-6,8,13,15,17-18H,4,7,9-10H2,1H3/t2*13?,15-,16-/m00/s1. The van der Waals surface area contributed by atoms with E-state index in [4.69, 9.17) is 0 Å². The van der Waals surface area contributed by atoms with Crippen molar-refractivity contribution < 1.29 is 20.4 Å². The number of aromatic hydroxyl groups is 2. The molecule has 2 aromatic rings. The van der Waals surface area contributed by atoms with Crippen LogP contribution in [0.2, 0.25) is 0 Å². The molecule has 4 N–H and O–H groups in total. The zero-order valence-corrected chi connectivity index (χ0v) is 21.5. The molecule has 4 aliphatic rings. The lowest BCUT2D eigenvalue weighted by Crippen LogP contribution is -2.34. The molecule has 36 heavy (non-hydrogen) atoms. The van der Waals surface area contributed by atoms with Gasteiger partial charge in [0.05, 0.1) is 12.2 Å². The quantitative estimate of drug-likeness (QED) is 0.379. The normalized spacial score (nSPS) is 35.1. The monoisotopic (exact) mass is 488 g/mol. The molecule has 4 nitrogen and oxygen atoms in total. The van der Waals surface area contributed by atoms with E-state index in [2.05, 4.69) is 26.0 Å². The van der Waals surface area contributed by atoms with Gasteiger partial charge in [-0.25, -0.2) is 0 Å². The van der Waals surface area contributed by atoms with Gasteiger partial charge in [0, 0.05) is 10.8 Å². The van der Waals surface area contributed by atoms with Crippen LogP contribution in [0.5, 0.6) is 11.5 Å². The zero-order valence-electron chi connectivity index (χ0n) is 21.5. The molecule has 6 rings (SSSR count). The molecule has 2 fully saturated rings. The number of phenolic OH excluding ortho intramolecular Hbond substituents is 2. The largest absolute Gasteiger partial charge is 0.508 e. The Kier molecular flexibility index (Phi) is 6.78. The molecule has 4 heteroatoms. The molecule has 0 spiro atoms. The third-order valence-corrected chi connectivity index (χ3v) is 9.91. The lowest BCUT2D eigenvalue weighted by atomic mass is 9.68. The SMILES string of the molecule is C[C@]12CC=C(c3ccc(O)cc3)CC1CC[C@@H]2O.C[C@]12CCC(c3ccc(O)cc3)=CC1CC[C@@H]2O. The fourth-order valence-corrected chi connectivity index (χ4v) is 7.05. The van der Waals surface area contributed by atoms with Crippen molar-refractivity contribution >= 4 is 11.1 Å². The Bertz CT molecular complexity index is 1130. The van der Waals surface area contributed by atoms with E-state index in [0.29, 0.717) is 23.3 Å². The molecule has 0 amide bonds. The summed E-state index contributed by atoms with van der Waals surface area (Å²) >= 11 is 0. The van der Waals surface area contributed by atoms with Gasteiger partial charge in [0.25, 0.3) is 0 Å². The van der Waals surface area contributed by atoms with Gasteiger partial charge in [0.15, 0.2) is 0 Å². The molecule has 192 valence electrons. The first-order chi connectivity index (χ1) is 17.2. The molecular formula is C32H40O4. The maximum atomic E-state index is 10.1. The minimum Gasteiger partial charge on any atom is -0.508 e. The summed E-state index contributed by atoms with van der Waals surface area (Å²) in [5.74, 6) is 1.74. The Balaban J connectivity index is 0.000000148. The van der Waals surface area contributed by atoms with Gasteiger partial charge in [0.1, 0.15) is 11.5 Å². The Hall–Kier alpha value is -2.56. The number of phenols is 2. The Morgan fingerprint density at radius 2 is 1.25 bits per heavy atom. The number of allylic oxidation sites excluding steroid dienone is 4. The van der Waals surface area contributed by atoms with Crippen molar-refractivity contribution in [2.45, 2.75) is 77.4 Å². The van der Waals surface area contributed by atoms with Crippen LogP contribution in [0, 0.1) is 22.7 Å². The minimum absolute atomic E-state index is 0.0837. The summed E-state index contributed by atoms with van der Waals surface area (Å²) < 4.78 is 0. The van der Waals surface area contributed by atoms with Crippen LogP contribution in [0.15, 0.2) is 60.7 Å². The van der Waals surface area contributed by atoms with Crippen LogP contribution in [0.4, 0.5) is 0 Å². The smallest absolute Gasteiger partial charge is 0.115 e. The van der Waals surface area contributed by atoms with Gasteiger partial charge in [0.2, 0.25) is 0 Å². The van der Waals surface area contributed by atoms with Crippen LogP contribution in [0.1, 0.15) is 76.3 Å². The Labute approximate surface area is 215 Å². The van der Waals surface area contributed by atoms with E-state index >= 15 is 0 Å². The van der Waals surface area contributed by atoms with Crippen LogP contribution in [-0.2, 0) is 0 Å². The average molecular weight is 489 g/mol. The summed E-state index contributed by atoms with van der Waals surface area (Å²) in [6.07, 6.45) is 12.6. The summed E-state index contributed by atoms with van der Waals surface area (Å²) in [7, 11) is 0. The lowest BCUT2D eigenvalue weighted by Gasteiger charge is -2.38. The van der Waals surface area contributed by atoms with E-state index in [1.807, 2.05) is 24.3 Å². The third-order valence-electron chi connectivity index (χ3n) is 9.91. The van der Waals surface area contributed by atoms with Gasteiger partial charge in [-0.15, -0.1) is 0 Å². The lowest BCUT2D eigenvalue weighted by molar-refractivity contribution is 0.0400. The number of aliphatic hydroxyl groups excluding tert-OH is 2. The summed E-state index contributed by atoms with van der Waals surface area (Å²) in [5.41, 5.74) is 5.31. The third kappa shape index (κ3) is 4.62. The molecule has 0 bridgehead atoms. The number of fused-ring (bicyclic) bond motifs is 2. The summed E-state index contributed by atoms with van der Waals surface area (Å²) in [6.45, 7) is 4.44. The fourth-order valence-electron chi connectivity index (χ4n) is 7.05. The molecule has 2 saturated carbocycles. The second-order valence-corrected chi connectivity index (χ2v) is 11.9. The highest BCUT2D eigenvalue weighted by molar-refractivity contribution is 5.68. The summed E-state index contributed by atoms with van der Waals surface area (Å²) in [5, 5.41) is 38.9. The molecule has 0 radical (unpaired) electrons. The van der Waals surface area contributed by atoms with E-state index < -0.39 is 0 Å². The van der Waals surface area contributed by atoms with E-state index in [9.17, 15) is 20.4 Å². The van der Waals surface area contributed by atoms with E-state index in [0.717, 1.165) is 51.4 Å². The molecule has 4 aliphatic carbocycles. The van der Waals surface area contributed by atoms with Gasteiger partial charge in [-0.3, -0.25) is 0 Å². The molecule has 0 heterocycles. The minimum atomic E-state index is -0.139. The number of hydrogen-bond acceptors (Lipinski definition) is 4. The van der Waals surface area contributed by atoms with Crippen molar-refractivity contribution in [2.24, 2.45) is 22.7 Å². The molecular weight excluding hydrogens is 448 g/mol. The number of hydrogen-bond donors (Lipinski definition) is 4. The maximum absolute atomic E-state index is 10.1. The van der Waals surface area contributed by atoms with Gasteiger partial charge < -0.3 is 20.4 Å². The van der Waals surface area contributed by atoms with Crippen LogP contribution in [0.3, 0.4) is 0 Å². The van der Waals surface area contributed by atoms with Crippen molar-refractivity contribution in [1.82, 2.24) is 0 Å². The maximum Gasteiger partial charge on any atom is 0.115 e. The summed E-state index contributed by atoms with van der Waals surface area (Å²) in [4.78, 5) is 0. The second-order valence-electron chi connectivity index (χ2n) is 11.9. The van der Waals surface area contributed by atoms with Crippen LogP contribution < -0.4 is 0 Å². The highest BCUT2D eigenvalue weighted by Crippen LogP contribution is 2.53. The first-order valence-corrected chi connectivity index (χ1v) is 13.5. The molecule has 2 unspecified atom stereocenters. The van der Waals surface area contributed by atoms with Gasteiger partial charge in [-0.05, 0) is 110 Å². The fraction of sp³-hybridized carbons (Fsp3) is 0.500. The number of benzene rings is 2. The molecule has 2 aromatic carbocycles. The molecule has 0 aliphatic heterocycles. The second kappa shape index (κ2) is 9.72. The number of aliphatic hydroxyl groups is 2. The van der Waals surface area contributed by atoms with E-state index in [1.54, 1.807) is 24.3 Å². The first-order valence-electron chi connectivity index (χ1n) is 13.5. The topological polar surface area (TPSA) is 80.9 Å². The highest BCUT2D eigenvalue weighted by atomic mass is 16.3. The van der Waals surface area contributed by atoms with E-state index in [1.165, 1.54) is 22.3 Å². The van der Waals surface area contributed by atoms with Gasteiger partial charge in [-0.1, -0.05) is 50.3 Å². The van der Waals surface area contributed by atoms with Gasteiger partial charge in [-0.2, -0.15) is 0 Å². The Morgan fingerprint density at radius 1 is 0.694 bits per heavy atom. The van der Waals surface area contributed by atoms with Crippen molar-refractivity contribution in [3.8, 4) is 11.5 Å². The highest BCUT2D eigenvalue weighted by Gasteiger charge is 2.47. The molecule has 0 saturated heterocycles. The van der Waals surface area contributed by atoms with Gasteiger partial charge >= 0.3 is 0 Å². The van der Waals surface area contributed by atoms with Crippen molar-refractivity contribution in [3.63, 3.8) is 0 Å². The molecule has 0 aromatic heterocycles. The average Bonchev–Trinajstić information content (AvgIpc) is 3.34. The van der Waals surface area contributed by atoms with E-state index in [-0.39, 0.29) is 23.0 Å². The molecule has 6 atom stereocenters.